The molecule has 0 bridgehead atoms. The van der Waals surface area contributed by atoms with Gasteiger partial charge in [0.15, 0.2) is 0 Å². The Balaban J connectivity index is 2.27. The first kappa shape index (κ1) is 15.4. The van der Waals surface area contributed by atoms with Crippen molar-refractivity contribution in [3.05, 3.63) is 47.4 Å². The van der Waals surface area contributed by atoms with Crippen LogP contribution in [0.25, 0.3) is 0 Å². The van der Waals surface area contributed by atoms with E-state index in [1.165, 1.54) is 0 Å². The average molecular weight is 315 g/mol. The number of nitrogens with two attached hydrogens (primary N) is 1. The summed E-state index contributed by atoms with van der Waals surface area (Å²) < 4.78 is 49.1. The lowest BCUT2D eigenvalue weighted by atomic mass is 10.1. The number of nitrogen functional groups attached to an aromatic ring is 1. The Labute approximate surface area is 121 Å². The Hall–Kier alpha value is -1.96. The highest BCUT2D eigenvalue weighted by Crippen LogP contribution is 2.31. The van der Waals surface area contributed by atoms with Crippen molar-refractivity contribution in [1.29, 1.82) is 0 Å². The molecule has 1 atom stereocenters. The van der Waals surface area contributed by atoms with Gasteiger partial charge < -0.3 is 5.73 Å². The van der Waals surface area contributed by atoms with E-state index in [4.69, 9.17) is 5.73 Å². The lowest BCUT2D eigenvalue weighted by Gasteiger charge is -2.09. The largest absolute Gasteiger partial charge is 0.421 e. The minimum atomic E-state index is -4.57. The molecule has 2 aromatic rings. The Morgan fingerprint density at radius 3 is 2.62 bits per heavy atom. The number of hydrogen-bond donors (Lipinski definition) is 1. The first-order valence-corrected chi connectivity index (χ1v) is 7.44. The van der Waals surface area contributed by atoms with E-state index in [1.807, 2.05) is 0 Å². The van der Waals surface area contributed by atoms with Crippen LogP contribution in [-0.4, -0.2) is 20.4 Å². The monoisotopic (exact) mass is 315 g/mol. The molecule has 0 spiro atoms. The van der Waals surface area contributed by atoms with E-state index in [9.17, 15) is 17.4 Å². The molecular formula is C13H12F3N3OS. The molecule has 21 heavy (non-hydrogen) atoms. The summed E-state index contributed by atoms with van der Waals surface area (Å²) in [4.78, 5) is 8.00. The molecule has 0 amide bonds. The van der Waals surface area contributed by atoms with Gasteiger partial charge in [0, 0.05) is 34.6 Å². The minimum absolute atomic E-state index is 0.180. The molecule has 0 aliphatic rings. The van der Waals surface area contributed by atoms with Crippen molar-refractivity contribution in [2.45, 2.75) is 17.5 Å². The zero-order chi connectivity index (χ0) is 15.6. The second kappa shape index (κ2) is 5.80. The summed E-state index contributed by atoms with van der Waals surface area (Å²) in [5, 5.41) is 0. The lowest BCUT2D eigenvalue weighted by molar-refractivity contribution is -0.137. The molecule has 1 aromatic heterocycles. The van der Waals surface area contributed by atoms with Gasteiger partial charge in [-0.25, -0.2) is 9.97 Å². The fourth-order valence-electron chi connectivity index (χ4n) is 1.75. The fourth-order valence-corrected chi connectivity index (χ4v) is 2.34. The molecule has 0 fully saturated rings. The molecule has 0 saturated heterocycles. The molecule has 1 heterocycles. The van der Waals surface area contributed by atoms with Crippen LogP contribution in [0.2, 0.25) is 0 Å². The number of rotatable bonds is 3. The van der Waals surface area contributed by atoms with Crippen molar-refractivity contribution in [2.75, 3.05) is 12.0 Å². The van der Waals surface area contributed by atoms with Crippen LogP contribution >= 0.6 is 0 Å². The van der Waals surface area contributed by atoms with Crippen LogP contribution in [0.4, 0.5) is 19.0 Å². The SMILES string of the molecule is CS(=O)c1cccc(Cc2ncc(C(F)(F)F)c(N)n2)c1. The number of halogens is 3. The van der Waals surface area contributed by atoms with Gasteiger partial charge in [-0.3, -0.25) is 4.21 Å². The maximum atomic E-state index is 12.6. The van der Waals surface area contributed by atoms with Crippen LogP contribution < -0.4 is 5.73 Å². The molecule has 1 unspecified atom stereocenters. The average Bonchev–Trinajstić information content (AvgIpc) is 2.37. The Morgan fingerprint density at radius 1 is 1.33 bits per heavy atom. The van der Waals surface area contributed by atoms with Gasteiger partial charge in [-0.1, -0.05) is 12.1 Å². The highest BCUT2D eigenvalue weighted by atomic mass is 32.2. The van der Waals surface area contributed by atoms with Gasteiger partial charge in [-0.15, -0.1) is 0 Å². The van der Waals surface area contributed by atoms with Gasteiger partial charge in [0.1, 0.15) is 17.2 Å². The summed E-state index contributed by atoms with van der Waals surface area (Å²) in [5.74, 6) is -0.415. The van der Waals surface area contributed by atoms with Crippen LogP contribution in [0.3, 0.4) is 0 Å². The minimum Gasteiger partial charge on any atom is -0.383 e. The molecular weight excluding hydrogens is 303 g/mol. The van der Waals surface area contributed by atoms with E-state index in [-0.39, 0.29) is 12.2 Å². The predicted molar refractivity (Wildman–Crippen MR) is 73.0 cm³/mol. The molecule has 112 valence electrons. The van der Waals surface area contributed by atoms with E-state index in [1.54, 1.807) is 30.5 Å². The third-order valence-corrected chi connectivity index (χ3v) is 3.68. The van der Waals surface area contributed by atoms with Gasteiger partial charge in [-0.2, -0.15) is 13.2 Å². The van der Waals surface area contributed by atoms with Crippen molar-refractivity contribution in [3.63, 3.8) is 0 Å². The van der Waals surface area contributed by atoms with E-state index in [0.717, 1.165) is 5.56 Å². The number of aromatic nitrogens is 2. The van der Waals surface area contributed by atoms with Crippen molar-refractivity contribution < 1.29 is 17.4 Å². The zero-order valence-corrected chi connectivity index (χ0v) is 11.8. The quantitative estimate of drug-likeness (QED) is 0.944. The molecule has 8 heteroatoms. The zero-order valence-electron chi connectivity index (χ0n) is 11.0. The number of alkyl halides is 3. The first-order valence-electron chi connectivity index (χ1n) is 5.88. The van der Waals surface area contributed by atoms with Gasteiger partial charge in [-0.05, 0) is 17.7 Å². The Bertz CT molecular complexity index is 689. The summed E-state index contributed by atoms with van der Waals surface area (Å²) >= 11 is 0. The number of hydrogen-bond acceptors (Lipinski definition) is 4. The van der Waals surface area contributed by atoms with Crippen LogP contribution in [-0.2, 0) is 23.4 Å². The normalized spacial score (nSPS) is 13.1. The van der Waals surface area contributed by atoms with Gasteiger partial charge >= 0.3 is 6.18 Å². The molecule has 0 aliphatic heterocycles. The third-order valence-electron chi connectivity index (χ3n) is 2.77. The van der Waals surface area contributed by atoms with E-state index < -0.39 is 28.4 Å². The van der Waals surface area contributed by atoms with Gasteiger partial charge in [0.05, 0.1) is 0 Å². The summed E-state index contributed by atoms with van der Waals surface area (Å²) in [6, 6.07) is 6.89. The van der Waals surface area contributed by atoms with Crippen molar-refractivity contribution in [2.24, 2.45) is 0 Å². The summed E-state index contributed by atoms with van der Waals surface area (Å²) in [7, 11) is -1.13. The van der Waals surface area contributed by atoms with Gasteiger partial charge in [0.25, 0.3) is 0 Å². The second-order valence-electron chi connectivity index (χ2n) is 4.36. The van der Waals surface area contributed by atoms with E-state index >= 15 is 0 Å². The van der Waals surface area contributed by atoms with Crippen molar-refractivity contribution in [3.8, 4) is 0 Å². The Kier molecular flexibility index (Phi) is 4.26. The van der Waals surface area contributed by atoms with Crippen molar-refractivity contribution >= 4 is 16.6 Å². The van der Waals surface area contributed by atoms with Gasteiger partial charge in [0.2, 0.25) is 0 Å². The van der Waals surface area contributed by atoms with E-state index in [2.05, 4.69) is 9.97 Å². The first-order chi connectivity index (χ1) is 9.77. The molecule has 4 nitrogen and oxygen atoms in total. The molecule has 0 aliphatic carbocycles. The third kappa shape index (κ3) is 3.78. The highest BCUT2D eigenvalue weighted by molar-refractivity contribution is 7.84. The maximum absolute atomic E-state index is 12.6. The number of benzene rings is 1. The fraction of sp³-hybridized carbons (Fsp3) is 0.231. The summed E-state index contributed by atoms with van der Waals surface area (Å²) in [6.07, 6.45) is -2.12. The Morgan fingerprint density at radius 2 is 2.05 bits per heavy atom. The maximum Gasteiger partial charge on any atom is 0.421 e. The molecule has 0 radical (unpaired) electrons. The smallest absolute Gasteiger partial charge is 0.383 e. The van der Waals surface area contributed by atoms with E-state index in [0.29, 0.717) is 11.1 Å². The number of nitrogens with zero attached hydrogens (tertiary/aromatic N) is 2. The van der Waals surface area contributed by atoms with Crippen LogP contribution in [0.1, 0.15) is 17.0 Å². The summed E-state index contributed by atoms with van der Waals surface area (Å²) in [5.41, 5.74) is 5.02. The van der Waals surface area contributed by atoms with Crippen LogP contribution in [0.15, 0.2) is 35.4 Å². The number of anilines is 1. The lowest BCUT2D eigenvalue weighted by Crippen LogP contribution is -2.13. The standard InChI is InChI=1S/C13H12F3N3OS/c1-21(20)9-4-2-3-8(5-9)6-11-18-7-10(12(17)19-11)13(14,15)16/h2-5,7H,6H2,1H3,(H2,17,18,19). The topological polar surface area (TPSA) is 68.9 Å². The molecule has 2 N–H and O–H groups in total. The second-order valence-corrected chi connectivity index (χ2v) is 5.74. The summed E-state index contributed by atoms with van der Waals surface area (Å²) in [6.45, 7) is 0. The molecule has 0 saturated carbocycles. The molecule has 2 rings (SSSR count). The van der Waals surface area contributed by atoms with Crippen LogP contribution in [0.5, 0.6) is 0 Å². The van der Waals surface area contributed by atoms with Crippen LogP contribution in [0, 0.1) is 0 Å². The molecule has 1 aromatic carbocycles. The highest BCUT2D eigenvalue weighted by Gasteiger charge is 2.34. The predicted octanol–water partition coefficient (Wildman–Crippen LogP) is 2.41. The van der Waals surface area contributed by atoms with Crippen molar-refractivity contribution in [1.82, 2.24) is 9.97 Å².